The second-order valence-electron chi connectivity index (χ2n) is 3.66. The summed E-state index contributed by atoms with van der Waals surface area (Å²) in [5.41, 5.74) is 6.29. The molecule has 1 aromatic carbocycles. The largest absolute Gasteiger partial charge is 0.366 e. The maximum atomic E-state index is 11.2. The van der Waals surface area contributed by atoms with E-state index in [2.05, 4.69) is 0 Å². The molecule has 0 heterocycles. The lowest BCUT2D eigenvalue weighted by Crippen LogP contribution is -2.10. The molecule has 1 rings (SSSR count). The molecule has 17 heavy (non-hydrogen) atoms. The van der Waals surface area contributed by atoms with Gasteiger partial charge in [0.1, 0.15) is 0 Å². The van der Waals surface area contributed by atoms with Crippen molar-refractivity contribution in [2.45, 2.75) is 13.8 Å². The molecule has 0 aliphatic rings. The summed E-state index contributed by atoms with van der Waals surface area (Å²) >= 11 is 0. The summed E-state index contributed by atoms with van der Waals surface area (Å²) in [5.74, 6) is -1.08. The first kappa shape index (κ1) is 12.8. The lowest BCUT2D eigenvalue weighted by atomic mass is 10.0. The van der Waals surface area contributed by atoms with Crippen LogP contribution in [0.2, 0.25) is 0 Å². The van der Waals surface area contributed by atoms with Gasteiger partial charge in [-0.25, -0.2) is 0 Å². The maximum absolute atomic E-state index is 11.2. The van der Waals surface area contributed by atoms with Crippen molar-refractivity contribution in [1.82, 2.24) is 0 Å². The van der Waals surface area contributed by atoms with Crippen LogP contribution in [0.5, 0.6) is 0 Å². The monoisotopic (exact) mass is 231 g/mol. The molecule has 88 valence electrons. The molecule has 0 bridgehead atoms. The van der Waals surface area contributed by atoms with E-state index in [1.54, 1.807) is 24.3 Å². The molecule has 1 aromatic rings. The summed E-state index contributed by atoms with van der Waals surface area (Å²) in [4.78, 5) is 33.3. The Bertz CT molecular complexity index is 482. The van der Waals surface area contributed by atoms with Gasteiger partial charge in [-0.3, -0.25) is 14.4 Å². The number of carbonyl (C=O) groups is 3. The Morgan fingerprint density at radius 3 is 1.82 bits per heavy atom. The molecule has 4 nitrogen and oxygen atoms in total. The zero-order valence-corrected chi connectivity index (χ0v) is 9.69. The molecule has 1 amide bonds. The van der Waals surface area contributed by atoms with Crippen molar-refractivity contribution in [3.63, 3.8) is 0 Å². The molecule has 0 aliphatic carbocycles. The molecule has 0 aromatic heterocycles. The Kier molecular flexibility index (Phi) is 3.93. The van der Waals surface area contributed by atoms with Gasteiger partial charge in [-0.05, 0) is 37.6 Å². The number of Topliss-reactive ketones (excluding diaryl/α,β-unsaturated/α-hetero) is 2. The molecule has 0 atom stereocenters. The van der Waals surface area contributed by atoms with E-state index in [9.17, 15) is 14.4 Å². The quantitative estimate of drug-likeness (QED) is 0.482. The molecule has 0 saturated heterocycles. The maximum Gasteiger partial charge on any atom is 0.248 e. The van der Waals surface area contributed by atoms with E-state index in [1.807, 2.05) is 0 Å². The molecule has 0 saturated carbocycles. The molecule has 0 aliphatic heterocycles. The predicted molar refractivity (Wildman–Crippen MR) is 64.3 cm³/mol. The van der Waals surface area contributed by atoms with Crippen LogP contribution in [0.1, 0.15) is 29.8 Å². The standard InChI is InChI=1S/C13H13NO3/c1-8(15)12(9(2)16)7-10-3-5-11(6-4-10)13(14)17/h3-7H,1-2H3,(H2,14,17). The van der Waals surface area contributed by atoms with Crippen molar-refractivity contribution < 1.29 is 14.4 Å². The number of nitrogens with two attached hydrogens (primary N) is 1. The normalized spacial score (nSPS) is 9.53. The second kappa shape index (κ2) is 5.21. The van der Waals surface area contributed by atoms with Crippen LogP contribution in [0.4, 0.5) is 0 Å². The van der Waals surface area contributed by atoms with Gasteiger partial charge in [0.2, 0.25) is 5.91 Å². The summed E-state index contributed by atoms with van der Waals surface area (Å²) < 4.78 is 0. The number of ketones is 2. The summed E-state index contributed by atoms with van der Waals surface area (Å²) in [5, 5.41) is 0. The average molecular weight is 231 g/mol. The third kappa shape index (κ3) is 3.38. The van der Waals surface area contributed by atoms with Crippen LogP contribution in [-0.4, -0.2) is 17.5 Å². The summed E-state index contributed by atoms with van der Waals surface area (Å²) in [6.45, 7) is 2.68. The van der Waals surface area contributed by atoms with Crippen molar-refractivity contribution in [3.8, 4) is 0 Å². The van der Waals surface area contributed by atoms with Crippen LogP contribution in [0.3, 0.4) is 0 Å². The number of benzene rings is 1. The fraction of sp³-hybridized carbons (Fsp3) is 0.154. The van der Waals surface area contributed by atoms with Crippen molar-refractivity contribution in [2.75, 3.05) is 0 Å². The smallest absolute Gasteiger partial charge is 0.248 e. The van der Waals surface area contributed by atoms with Gasteiger partial charge < -0.3 is 5.73 Å². The van der Waals surface area contributed by atoms with E-state index < -0.39 is 5.91 Å². The minimum absolute atomic E-state index is 0.136. The topological polar surface area (TPSA) is 77.2 Å². The molecule has 4 heteroatoms. The SMILES string of the molecule is CC(=O)C(=Cc1ccc(C(N)=O)cc1)C(C)=O. The highest BCUT2D eigenvalue weighted by Gasteiger charge is 2.09. The molecule has 0 radical (unpaired) electrons. The number of carbonyl (C=O) groups excluding carboxylic acids is 3. The minimum atomic E-state index is -0.515. The first-order chi connectivity index (χ1) is 7.91. The van der Waals surface area contributed by atoms with Gasteiger partial charge in [0.25, 0.3) is 0 Å². The summed E-state index contributed by atoms with van der Waals surface area (Å²) in [6.07, 6.45) is 1.50. The zero-order chi connectivity index (χ0) is 13.0. The first-order valence-electron chi connectivity index (χ1n) is 5.05. The van der Waals surface area contributed by atoms with Crippen LogP contribution in [0.15, 0.2) is 29.8 Å². The van der Waals surface area contributed by atoms with E-state index in [1.165, 1.54) is 19.9 Å². The number of hydrogen-bond acceptors (Lipinski definition) is 3. The number of primary amides is 1. The van der Waals surface area contributed by atoms with Crippen molar-refractivity contribution >= 4 is 23.5 Å². The fourth-order valence-corrected chi connectivity index (χ4v) is 1.36. The highest BCUT2D eigenvalue weighted by atomic mass is 16.1. The average Bonchev–Trinajstić information content (AvgIpc) is 2.25. The molecular formula is C13H13NO3. The fourth-order valence-electron chi connectivity index (χ4n) is 1.36. The van der Waals surface area contributed by atoms with Crippen LogP contribution in [0.25, 0.3) is 6.08 Å². The lowest BCUT2D eigenvalue weighted by molar-refractivity contribution is -0.119. The molecule has 2 N–H and O–H groups in total. The summed E-state index contributed by atoms with van der Waals surface area (Å²) in [6, 6.07) is 6.36. The van der Waals surface area contributed by atoms with Crippen LogP contribution in [0, 0.1) is 0 Å². The van der Waals surface area contributed by atoms with Gasteiger partial charge in [-0.15, -0.1) is 0 Å². The van der Waals surface area contributed by atoms with E-state index >= 15 is 0 Å². The van der Waals surface area contributed by atoms with Gasteiger partial charge >= 0.3 is 0 Å². The number of allylic oxidation sites excluding steroid dienone is 1. The van der Waals surface area contributed by atoms with Crippen molar-refractivity contribution in [2.24, 2.45) is 5.73 Å². The van der Waals surface area contributed by atoms with Gasteiger partial charge in [0, 0.05) is 5.56 Å². The van der Waals surface area contributed by atoms with E-state index in [0.717, 1.165) is 0 Å². The predicted octanol–water partition coefficient (Wildman–Crippen LogP) is 1.35. The van der Waals surface area contributed by atoms with Gasteiger partial charge in [0.05, 0.1) is 5.57 Å². The number of hydrogen-bond donors (Lipinski definition) is 1. The molecule has 0 fully saturated rings. The van der Waals surface area contributed by atoms with Crippen LogP contribution >= 0.6 is 0 Å². The molecular weight excluding hydrogens is 218 g/mol. The Morgan fingerprint density at radius 2 is 1.47 bits per heavy atom. The number of rotatable bonds is 4. The van der Waals surface area contributed by atoms with Crippen LogP contribution in [-0.2, 0) is 9.59 Å². The van der Waals surface area contributed by atoms with Crippen molar-refractivity contribution in [3.05, 3.63) is 41.0 Å². The van der Waals surface area contributed by atoms with E-state index in [4.69, 9.17) is 5.73 Å². The molecule has 0 spiro atoms. The highest BCUT2D eigenvalue weighted by molar-refractivity contribution is 6.21. The Balaban J connectivity index is 3.09. The van der Waals surface area contributed by atoms with E-state index in [-0.39, 0.29) is 17.1 Å². The zero-order valence-electron chi connectivity index (χ0n) is 9.69. The van der Waals surface area contributed by atoms with E-state index in [0.29, 0.717) is 11.1 Å². The Hall–Kier alpha value is -2.23. The second-order valence-corrected chi connectivity index (χ2v) is 3.66. The highest BCUT2D eigenvalue weighted by Crippen LogP contribution is 2.10. The first-order valence-corrected chi connectivity index (χ1v) is 5.05. The van der Waals surface area contributed by atoms with Gasteiger partial charge in [0.15, 0.2) is 11.6 Å². The Morgan fingerprint density at radius 1 is 1.00 bits per heavy atom. The van der Waals surface area contributed by atoms with Crippen LogP contribution < -0.4 is 5.73 Å². The minimum Gasteiger partial charge on any atom is -0.366 e. The van der Waals surface area contributed by atoms with Crippen molar-refractivity contribution in [1.29, 1.82) is 0 Å². The lowest BCUT2D eigenvalue weighted by Gasteiger charge is -2.00. The van der Waals surface area contributed by atoms with Gasteiger partial charge in [-0.1, -0.05) is 12.1 Å². The third-order valence-corrected chi connectivity index (χ3v) is 2.26. The Labute approximate surface area is 99.1 Å². The summed E-state index contributed by atoms with van der Waals surface area (Å²) in [7, 11) is 0. The molecule has 0 unspecified atom stereocenters. The third-order valence-electron chi connectivity index (χ3n) is 2.26. The van der Waals surface area contributed by atoms with Gasteiger partial charge in [-0.2, -0.15) is 0 Å². The number of amides is 1.